The minimum Gasteiger partial charge on any atom is -0.336 e. The van der Waals surface area contributed by atoms with E-state index >= 15 is 0 Å². The van der Waals surface area contributed by atoms with Crippen LogP contribution < -0.4 is 5.32 Å². The van der Waals surface area contributed by atoms with Crippen molar-refractivity contribution in [2.75, 3.05) is 7.05 Å². The van der Waals surface area contributed by atoms with Gasteiger partial charge in [-0.2, -0.15) is 0 Å². The summed E-state index contributed by atoms with van der Waals surface area (Å²) in [5.74, 6) is 0.589. The van der Waals surface area contributed by atoms with E-state index in [2.05, 4.69) is 26.2 Å². The number of nitrogens with one attached hydrogen (secondary N) is 1. The van der Waals surface area contributed by atoms with Gasteiger partial charge < -0.3 is 9.88 Å². The van der Waals surface area contributed by atoms with Crippen LogP contribution in [0.1, 0.15) is 17.4 Å². The van der Waals surface area contributed by atoms with Crippen LogP contribution >= 0.6 is 15.9 Å². The molecule has 0 radical (unpaired) electrons. The fourth-order valence-corrected chi connectivity index (χ4v) is 2.04. The van der Waals surface area contributed by atoms with Crippen LogP contribution in [-0.4, -0.2) is 16.6 Å². The summed E-state index contributed by atoms with van der Waals surface area (Å²) >= 11 is 3.15. The molecule has 2 rings (SSSR count). The number of aromatic nitrogens is 2. The molecule has 90 valence electrons. The fraction of sp³-hybridized carbons (Fsp3) is 0.250. The highest BCUT2D eigenvalue weighted by Crippen LogP contribution is 2.24. The lowest BCUT2D eigenvalue weighted by Gasteiger charge is -2.16. The quantitative estimate of drug-likeness (QED) is 0.944. The molecule has 0 amide bonds. The molecule has 17 heavy (non-hydrogen) atoms. The molecular formula is C12H13BrFN3. The Bertz CT molecular complexity index is 524. The molecule has 1 heterocycles. The van der Waals surface area contributed by atoms with E-state index in [0.29, 0.717) is 4.47 Å². The molecule has 0 bridgehead atoms. The zero-order valence-electron chi connectivity index (χ0n) is 9.61. The average Bonchev–Trinajstić information content (AvgIpc) is 2.71. The maximum absolute atomic E-state index is 13.5. The number of halogens is 2. The Labute approximate surface area is 108 Å². The van der Waals surface area contributed by atoms with Crippen molar-refractivity contribution in [1.29, 1.82) is 0 Å². The van der Waals surface area contributed by atoms with E-state index in [0.717, 1.165) is 11.4 Å². The number of hydrogen-bond donors (Lipinski definition) is 1. The van der Waals surface area contributed by atoms with Crippen LogP contribution in [-0.2, 0) is 7.05 Å². The summed E-state index contributed by atoms with van der Waals surface area (Å²) in [6, 6.07) is 4.98. The van der Waals surface area contributed by atoms with E-state index in [1.165, 1.54) is 6.07 Å². The topological polar surface area (TPSA) is 29.9 Å². The number of imidazole rings is 1. The molecule has 1 N–H and O–H groups in total. The standard InChI is InChI=1S/C12H13BrFN3/c1-15-11(12-16-5-6-17(12)2)8-3-4-9(13)10(14)7-8/h3-7,11,15H,1-2H3. The van der Waals surface area contributed by atoms with Crippen LogP contribution in [0.25, 0.3) is 0 Å². The first-order chi connectivity index (χ1) is 8.13. The van der Waals surface area contributed by atoms with Gasteiger partial charge in [-0.1, -0.05) is 6.07 Å². The third kappa shape index (κ3) is 2.40. The van der Waals surface area contributed by atoms with Crippen LogP contribution in [0.4, 0.5) is 4.39 Å². The van der Waals surface area contributed by atoms with Gasteiger partial charge >= 0.3 is 0 Å². The molecule has 1 aromatic heterocycles. The third-order valence-electron chi connectivity index (χ3n) is 2.68. The van der Waals surface area contributed by atoms with E-state index in [-0.39, 0.29) is 11.9 Å². The fourth-order valence-electron chi connectivity index (χ4n) is 1.79. The molecule has 1 atom stereocenters. The molecule has 0 aliphatic carbocycles. The van der Waals surface area contributed by atoms with Crippen molar-refractivity contribution in [2.24, 2.45) is 7.05 Å². The second kappa shape index (κ2) is 4.98. The largest absolute Gasteiger partial charge is 0.336 e. The molecule has 3 nitrogen and oxygen atoms in total. The van der Waals surface area contributed by atoms with Crippen LogP contribution in [0.15, 0.2) is 35.1 Å². The summed E-state index contributed by atoms with van der Waals surface area (Å²) in [5, 5.41) is 3.14. The zero-order chi connectivity index (χ0) is 12.4. The maximum Gasteiger partial charge on any atom is 0.137 e. The highest BCUT2D eigenvalue weighted by atomic mass is 79.9. The van der Waals surface area contributed by atoms with Crippen molar-refractivity contribution >= 4 is 15.9 Å². The molecule has 0 fully saturated rings. The van der Waals surface area contributed by atoms with Gasteiger partial charge in [0.05, 0.1) is 10.5 Å². The van der Waals surface area contributed by atoms with Crippen molar-refractivity contribution < 1.29 is 4.39 Å². The Balaban J connectivity index is 2.42. The highest BCUT2D eigenvalue weighted by Gasteiger charge is 2.17. The summed E-state index contributed by atoms with van der Waals surface area (Å²) < 4.78 is 15.9. The second-order valence-electron chi connectivity index (χ2n) is 3.79. The molecule has 5 heteroatoms. The maximum atomic E-state index is 13.5. The minimum atomic E-state index is -0.267. The monoisotopic (exact) mass is 297 g/mol. The molecule has 0 spiro atoms. The zero-order valence-corrected chi connectivity index (χ0v) is 11.2. The van der Waals surface area contributed by atoms with E-state index in [4.69, 9.17) is 0 Å². The Morgan fingerprint density at radius 2 is 2.24 bits per heavy atom. The van der Waals surface area contributed by atoms with E-state index in [1.807, 2.05) is 30.9 Å². The lowest BCUT2D eigenvalue weighted by Crippen LogP contribution is -2.21. The first-order valence-corrected chi connectivity index (χ1v) is 6.02. The lowest BCUT2D eigenvalue weighted by molar-refractivity contribution is 0.593. The van der Waals surface area contributed by atoms with Gasteiger partial charge in [-0.25, -0.2) is 9.37 Å². The normalized spacial score (nSPS) is 12.7. The summed E-state index contributed by atoms with van der Waals surface area (Å²) in [7, 11) is 3.75. The van der Waals surface area contributed by atoms with Crippen molar-refractivity contribution in [3.8, 4) is 0 Å². The van der Waals surface area contributed by atoms with Gasteiger partial charge in [0.25, 0.3) is 0 Å². The smallest absolute Gasteiger partial charge is 0.137 e. The van der Waals surface area contributed by atoms with Crippen LogP contribution in [0.3, 0.4) is 0 Å². The van der Waals surface area contributed by atoms with Gasteiger partial charge in [0.2, 0.25) is 0 Å². The molecular weight excluding hydrogens is 285 g/mol. The second-order valence-corrected chi connectivity index (χ2v) is 4.65. The Morgan fingerprint density at radius 3 is 2.76 bits per heavy atom. The predicted molar refractivity (Wildman–Crippen MR) is 68.2 cm³/mol. The van der Waals surface area contributed by atoms with Crippen molar-refractivity contribution in [2.45, 2.75) is 6.04 Å². The first-order valence-electron chi connectivity index (χ1n) is 5.23. The molecule has 0 aliphatic rings. The minimum absolute atomic E-state index is 0.113. The molecule has 0 aliphatic heterocycles. The van der Waals surface area contributed by atoms with Crippen molar-refractivity contribution in [1.82, 2.24) is 14.9 Å². The number of rotatable bonds is 3. The van der Waals surface area contributed by atoms with Gasteiger partial charge in [0, 0.05) is 19.4 Å². The molecule has 2 aromatic rings. The summed E-state index contributed by atoms with van der Waals surface area (Å²) in [6.07, 6.45) is 3.60. The predicted octanol–water partition coefficient (Wildman–Crippen LogP) is 2.63. The summed E-state index contributed by atoms with van der Waals surface area (Å²) in [6.45, 7) is 0. The van der Waals surface area contributed by atoms with Gasteiger partial charge in [0.15, 0.2) is 0 Å². The number of benzene rings is 1. The van der Waals surface area contributed by atoms with Gasteiger partial charge in [0.1, 0.15) is 11.6 Å². The Morgan fingerprint density at radius 1 is 1.47 bits per heavy atom. The van der Waals surface area contributed by atoms with Gasteiger partial charge in [-0.15, -0.1) is 0 Å². The van der Waals surface area contributed by atoms with Crippen molar-refractivity contribution in [3.63, 3.8) is 0 Å². The van der Waals surface area contributed by atoms with E-state index < -0.39 is 0 Å². The van der Waals surface area contributed by atoms with E-state index in [1.54, 1.807) is 12.3 Å². The number of hydrogen-bond acceptors (Lipinski definition) is 2. The number of nitrogens with zero attached hydrogens (tertiary/aromatic N) is 2. The summed E-state index contributed by atoms with van der Waals surface area (Å²) in [5.41, 5.74) is 0.850. The average molecular weight is 298 g/mol. The van der Waals surface area contributed by atoms with Gasteiger partial charge in [-0.05, 0) is 40.7 Å². The lowest BCUT2D eigenvalue weighted by atomic mass is 10.1. The summed E-state index contributed by atoms with van der Waals surface area (Å²) in [4.78, 5) is 4.28. The first kappa shape index (κ1) is 12.3. The molecule has 0 saturated carbocycles. The SMILES string of the molecule is CNC(c1ccc(Br)c(F)c1)c1nccn1C. The third-order valence-corrected chi connectivity index (χ3v) is 3.33. The molecule has 0 saturated heterocycles. The van der Waals surface area contributed by atoms with Crippen LogP contribution in [0.2, 0.25) is 0 Å². The Hall–Kier alpha value is -1.20. The Kier molecular flexibility index (Phi) is 3.59. The van der Waals surface area contributed by atoms with Crippen molar-refractivity contribution in [3.05, 3.63) is 52.3 Å². The highest BCUT2D eigenvalue weighted by molar-refractivity contribution is 9.10. The molecule has 1 unspecified atom stereocenters. The van der Waals surface area contributed by atoms with Crippen LogP contribution in [0.5, 0.6) is 0 Å². The molecule has 1 aromatic carbocycles. The van der Waals surface area contributed by atoms with E-state index in [9.17, 15) is 4.39 Å². The van der Waals surface area contributed by atoms with Gasteiger partial charge in [-0.3, -0.25) is 0 Å². The van der Waals surface area contributed by atoms with Crippen LogP contribution in [0, 0.1) is 5.82 Å². The number of aryl methyl sites for hydroxylation is 1.